The van der Waals surface area contributed by atoms with Crippen molar-refractivity contribution < 1.29 is 37.6 Å². The van der Waals surface area contributed by atoms with E-state index in [0.29, 0.717) is 49.7 Å². The number of carbonyl (C=O) groups excluding carboxylic acids is 1. The number of aliphatic carboxylic acids is 1. The van der Waals surface area contributed by atoms with E-state index in [-0.39, 0.29) is 35.5 Å². The summed E-state index contributed by atoms with van der Waals surface area (Å²) in [5, 5.41) is 12.3. The van der Waals surface area contributed by atoms with Crippen molar-refractivity contribution in [1.29, 1.82) is 0 Å². The van der Waals surface area contributed by atoms with Crippen molar-refractivity contribution in [3.05, 3.63) is 29.6 Å². The quantitative estimate of drug-likeness (QED) is 0.231. The van der Waals surface area contributed by atoms with E-state index in [1.807, 2.05) is 12.1 Å². The molecule has 222 valence electrons. The van der Waals surface area contributed by atoms with Crippen LogP contribution in [-0.2, 0) is 20.7 Å². The van der Waals surface area contributed by atoms with Gasteiger partial charge in [0.15, 0.2) is 0 Å². The summed E-state index contributed by atoms with van der Waals surface area (Å²) in [6, 6.07) is 5.50. The van der Waals surface area contributed by atoms with Crippen LogP contribution in [0.4, 0.5) is 34.5 Å². The lowest BCUT2D eigenvalue weighted by molar-refractivity contribution is -0.270. The molecule has 1 aromatic carbocycles. The Morgan fingerprint density at radius 1 is 1.20 bits per heavy atom. The van der Waals surface area contributed by atoms with E-state index in [4.69, 9.17) is 9.78 Å². The van der Waals surface area contributed by atoms with Crippen molar-refractivity contribution >= 4 is 40.1 Å². The first-order valence-corrected chi connectivity index (χ1v) is 13.9. The summed E-state index contributed by atoms with van der Waals surface area (Å²) in [6.07, 6.45) is -4.29. The molecule has 1 aliphatic rings. The molecule has 0 aliphatic carbocycles. The molecule has 1 unspecified atom stereocenters. The molecule has 1 fully saturated rings. The fourth-order valence-corrected chi connectivity index (χ4v) is 5.08. The average Bonchev–Trinajstić information content (AvgIpc) is 3.35. The van der Waals surface area contributed by atoms with E-state index in [1.54, 1.807) is 31.7 Å². The molecule has 1 amide bonds. The minimum atomic E-state index is -4.67. The van der Waals surface area contributed by atoms with Crippen molar-refractivity contribution in [3.63, 3.8) is 0 Å². The van der Waals surface area contributed by atoms with Crippen LogP contribution >= 0.6 is 11.5 Å². The first-order valence-electron chi connectivity index (χ1n) is 13.2. The second-order valence-corrected chi connectivity index (χ2v) is 11.3. The van der Waals surface area contributed by atoms with Gasteiger partial charge in [0.05, 0.1) is 23.9 Å². The number of carboxylic acid groups (broad SMARTS) is 1. The van der Waals surface area contributed by atoms with Crippen molar-refractivity contribution in [2.24, 2.45) is 5.92 Å². The minimum Gasteiger partial charge on any atom is -0.481 e. The number of anilines is 3. The molecule has 2 heterocycles. The Hall–Kier alpha value is -3.13. The largest absolute Gasteiger partial charge is 0.481 e. The van der Waals surface area contributed by atoms with Gasteiger partial charge in [0, 0.05) is 37.2 Å². The number of hydrogen-bond acceptors (Lipinski definition) is 9. The number of carboxylic acids is 1. The number of nitrogens with zero attached hydrogens (tertiary/aromatic N) is 4. The summed E-state index contributed by atoms with van der Waals surface area (Å²) in [5.41, 5.74) is 1.97. The van der Waals surface area contributed by atoms with Gasteiger partial charge in [-0.15, -0.1) is 0 Å². The normalized spacial score (nSPS) is 15.4. The fourth-order valence-electron chi connectivity index (χ4n) is 4.48. The Kier molecular flexibility index (Phi) is 10.6. The molecule has 1 atom stereocenters. The maximum atomic E-state index is 13.1. The molecular weight excluding hydrogens is 551 g/mol. The Bertz CT molecular complexity index is 1150. The Labute approximate surface area is 235 Å². The molecule has 10 nitrogen and oxygen atoms in total. The number of aromatic nitrogens is 2. The third-order valence-electron chi connectivity index (χ3n) is 6.34. The number of carbonyl (C=O) groups is 2. The fraction of sp³-hybridized carbons (Fsp3) is 0.615. The van der Waals surface area contributed by atoms with E-state index in [2.05, 4.69) is 33.4 Å². The molecule has 1 saturated heterocycles. The summed E-state index contributed by atoms with van der Waals surface area (Å²) >= 11 is 0.601. The first-order chi connectivity index (χ1) is 18.7. The van der Waals surface area contributed by atoms with Crippen LogP contribution in [0.1, 0.15) is 71.2 Å². The lowest BCUT2D eigenvalue weighted by atomic mass is 9.95. The number of hydrogen-bond donors (Lipinski definition) is 2. The van der Waals surface area contributed by atoms with Crippen molar-refractivity contribution in [3.8, 4) is 0 Å². The topological polar surface area (TPSA) is 117 Å². The molecular formula is C26H36F3N5O5S. The van der Waals surface area contributed by atoms with Crippen LogP contribution in [0.5, 0.6) is 0 Å². The van der Waals surface area contributed by atoms with E-state index in [0.717, 1.165) is 11.3 Å². The highest BCUT2D eigenvalue weighted by Crippen LogP contribution is 2.37. The standard InChI is InChI=1S/C26H36F3N5O5S/c1-15(2)14-34(19-8-10-33(11-9-19)25(37)39-38-16(3)4)21-7-6-18(17(5)12-22(35)36)13-20(21)30-24-31-23(32-40-24)26(27,28)29/h6-7,13,15-17,19H,8-12,14H2,1-5H3,(H,35,36)(H,30,31,32). The first kappa shape index (κ1) is 31.4. The number of halogens is 3. The van der Waals surface area contributed by atoms with Crippen LogP contribution in [0.2, 0.25) is 0 Å². The monoisotopic (exact) mass is 587 g/mol. The third kappa shape index (κ3) is 8.68. The van der Waals surface area contributed by atoms with Crippen LogP contribution in [0.25, 0.3) is 0 Å². The molecule has 0 spiro atoms. The van der Waals surface area contributed by atoms with Gasteiger partial charge < -0.3 is 20.2 Å². The molecule has 1 aliphatic heterocycles. The van der Waals surface area contributed by atoms with Crippen LogP contribution in [0, 0.1) is 5.92 Å². The van der Waals surface area contributed by atoms with Gasteiger partial charge in [0.2, 0.25) is 11.0 Å². The lowest BCUT2D eigenvalue weighted by Crippen LogP contribution is -2.48. The SMILES string of the molecule is CC(C)CN(c1ccc(C(C)CC(=O)O)cc1Nc1nc(C(F)(F)F)ns1)C1CCN(C(=O)OOC(C)C)CC1. The molecule has 1 aromatic heterocycles. The van der Waals surface area contributed by atoms with Crippen LogP contribution in [0.3, 0.4) is 0 Å². The highest BCUT2D eigenvalue weighted by Gasteiger charge is 2.36. The molecule has 40 heavy (non-hydrogen) atoms. The van der Waals surface area contributed by atoms with Crippen LogP contribution in [-0.4, -0.2) is 63.2 Å². The summed E-state index contributed by atoms with van der Waals surface area (Å²) in [7, 11) is 0. The molecule has 0 bridgehead atoms. The zero-order chi connectivity index (χ0) is 29.6. The highest BCUT2D eigenvalue weighted by atomic mass is 32.1. The Balaban J connectivity index is 1.91. The second-order valence-electron chi connectivity index (χ2n) is 10.6. The van der Waals surface area contributed by atoms with Gasteiger partial charge in [0.1, 0.15) is 0 Å². The van der Waals surface area contributed by atoms with Crippen LogP contribution in [0.15, 0.2) is 18.2 Å². The van der Waals surface area contributed by atoms with Crippen LogP contribution < -0.4 is 10.2 Å². The number of alkyl halides is 3. The van der Waals surface area contributed by atoms with Crippen molar-refractivity contribution in [2.75, 3.05) is 29.9 Å². The zero-order valence-electron chi connectivity index (χ0n) is 23.2. The van der Waals surface area contributed by atoms with E-state index in [1.165, 1.54) is 0 Å². The number of rotatable bonds is 11. The van der Waals surface area contributed by atoms with Gasteiger partial charge in [-0.1, -0.05) is 26.8 Å². The number of piperidine rings is 1. The number of nitrogens with one attached hydrogen (secondary N) is 1. The summed E-state index contributed by atoms with van der Waals surface area (Å²) in [5.74, 6) is -2.25. The Morgan fingerprint density at radius 2 is 1.88 bits per heavy atom. The number of amides is 1. The Morgan fingerprint density at radius 3 is 2.42 bits per heavy atom. The van der Waals surface area contributed by atoms with Gasteiger partial charge in [-0.3, -0.25) is 9.68 Å². The maximum absolute atomic E-state index is 13.1. The van der Waals surface area contributed by atoms with Crippen molar-refractivity contribution in [2.45, 2.75) is 78.1 Å². The number of benzene rings is 1. The van der Waals surface area contributed by atoms with E-state index < -0.39 is 24.1 Å². The lowest BCUT2D eigenvalue weighted by Gasteiger charge is -2.41. The smallest absolute Gasteiger partial charge is 0.452 e. The van der Waals surface area contributed by atoms with Gasteiger partial charge in [-0.2, -0.15) is 27.4 Å². The van der Waals surface area contributed by atoms with Crippen molar-refractivity contribution in [1.82, 2.24) is 14.3 Å². The molecule has 0 radical (unpaired) electrons. The molecule has 2 N–H and O–H groups in total. The highest BCUT2D eigenvalue weighted by molar-refractivity contribution is 7.09. The third-order valence-corrected chi connectivity index (χ3v) is 6.97. The molecule has 14 heteroatoms. The predicted octanol–water partition coefficient (Wildman–Crippen LogP) is 6.28. The summed E-state index contributed by atoms with van der Waals surface area (Å²) < 4.78 is 42.9. The van der Waals surface area contributed by atoms with Gasteiger partial charge in [0.25, 0.3) is 0 Å². The number of likely N-dealkylation sites (tertiary alicyclic amines) is 1. The zero-order valence-corrected chi connectivity index (χ0v) is 24.0. The maximum Gasteiger partial charge on any atom is 0.452 e. The molecule has 0 saturated carbocycles. The van der Waals surface area contributed by atoms with E-state index in [9.17, 15) is 27.9 Å². The van der Waals surface area contributed by atoms with E-state index >= 15 is 0 Å². The molecule has 2 aromatic rings. The average molecular weight is 588 g/mol. The minimum absolute atomic E-state index is 0.0242. The summed E-state index contributed by atoms with van der Waals surface area (Å²) in [4.78, 5) is 40.9. The second kappa shape index (κ2) is 13.5. The predicted molar refractivity (Wildman–Crippen MR) is 145 cm³/mol. The molecule has 3 rings (SSSR count). The van der Waals surface area contributed by atoms with Gasteiger partial charge >= 0.3 is 18.2 Å². The van der Waals surface area contributed by atoms with Gasteiger partial charge in [-0.25, -0.2) is 4.79 Å². The summed E-state index contributed by atoms with van der Waals surface area (Å²) in [6.45, 7) is 11.0. The van der Waals surface area contributed by atoms with Gasteiger partial charge in [-0.05, 0) is 56.2 Å².